The van der Waals surface area contributed by atoms with Crippen LogP contribution in [0.3, 0.4) is 0 Å². The Hall–Kier alpha value is -1.31. The first-order valence-electron chi connectivity index (χ1n) is 6.15. The molecule has 0 radical (unpaired) electrons. The highest BCUT2D eigenvalue weighted by molar-refractivity contribution is 5.93. The van der Waals surface area contributed by atoms with Crippen LogP contribution < -0.4 is 0 Å². The van der Waals surface area contributed by atoms with E-state index in [0.717, 1.165) is 23.1 Å². The Morgan fingerprint density at radius 2 is 1.29 bits per heavy atom. The molecule has 0 atom stereocenters. The normalized spacial score (nSPS) is 10.5. The SMILES string of the molecule is CCCOC(=O)c1c(C)c(C)c(C)c(C)c1C. The summed E-state index contributed by atoms with van der Waals surface area (Å²) in [5, 5.41) is 0. The highest BCUT2D eigenvalue weighted by atomic mass is 16.5. The van der Waals surface area contributed by atoms with E-state index in [9.17, 15) is 4.79 Å². The minimum absolute atomic E-state index is 0.187. The van der Waals surface area contributed by atoms with Crippen molar-refractivity contribution in [1.82, 2.24) is 0 Å². The van der Waals surface area contributed by atoms with Crippen LogP contribution in [0, 0.1) is 34.6 Å². The molecule has 0 saturated carbocycles. The van der Waals surface area contributed by atoms with Gasteiger partial charge in [-0.1, -0.05) is 6.92 Å². The summed E-state index contributed by atoms with van der Waals surface area (Å²) in [5.74, 6) is -0.187. The molecular formula is C15H22O2. The largest absolute Gasteiger partial charge is 0.462 e. The second kappa shape index (κ2) is 5.35. The van der Waals surface area contributed by atoms with Gasteiger partial charge in [-0.25, -0.2) is 4.79 Å². The molecular weight excluding hydrogens is 212 g/mol. The van der Waals surface area contributed by atoms with E-state index < -0.39 is 0 Å². The summed E-state index contributed by atoms with van der Waals surface area (Å²) in [6.45, 7) is 12.7. The molecule has 17 heavy (non-hydrogen) atoms. The maximum absolute atomic E-state index is 12.0. The molecule has 0 unspecified atom stereocenters. The highest BCUT2D eigenvalue weighted by Crippen LogP contribution is 2.26. The second-order valence-corrected chi connectivity index (χ2v) is 4.64. The number of carbonyl (C=O) groups is 1. The highest BCUT2D eigenvalue weighted by Gasteiger charge is 2.18. The van der Waals surface area contributed by atoms with Gasteiger partial charge in [-0.05, 0) is 68.9 Å². The molecule has 1 rings (SSSR count). The van der Waals surface area contributed by atoms with E-state index in [1.54, 1.807) is 0 Å². The Bertz CT molecular complexity index is 416. The summed E-state index contributed by atoms with van der Waals surface area (Å²) >= 11 is 0. The van der Waals surface area contributed by atoms with E-state index in [4.69, 9.17) is 4.74 Å². The number of hydrogen-bond acceptors (Lipinski definition) is 2. The average Bonchev–Trinajstić information content (AvgIpc) is 2.31. The minimum Gasteiger partial charge on any atom is -0.462 e. The zero-order valence-corrected chi connectivity index (χ0v) is 11.7. The van der Waals surface area contributed by atoms with E-state index in [0.29, 0.717) is 6.61 Å². The quantitative estimate of drug-likeness (QED) is 0.744. The molecule has 0 saturated heterocycles. The first-order valence-corrected chi connectivity index (χ1v) is 6.15. The summed E-state index contributed by atoms with van der Waals surface area (Å²) in [7, 11) is 0. The number of hydrogen-bond donors (Lipinski definition) is 0. The van der Waals surface area contributed by atoms with Crippen LogP contribution in [-0.2, 0) is 4.74 Å². The summed E-state index contributed by atoms with van der Waals surface area (Å²) in [5.41, 5.74) is 6.50. The van der Waals surface area contributed by atoms with Gasteiger partial charge in [0.2, 0.25) is 0 Å². The maximum Gasteiger partial charge on any atom is 0.338 e. The molecule has 1 aromatic carbocycles. The van der Waals surface area contributed by atoms with Crippen LogP contribution in [0.15, 0.2) is 0 Å². The Morgan fingerprint density at radius 1 is 0.882 bits per heavy atom. The van der Waals surface area contributed by atoms with E-state index in [-0.39, 0.29) is 5.97 Å². The van der Waals surface area contributed by atoms with Crippen LogP contribution in [-0.4, -0.2) is 12.6 Å². The molecule has 1 aromatic rings. The fourth-order valence-corrected chi connectivity index (χ4v) is 2.07. The Kier molecular flexibility index (Phi) is 4.33. The van der Waals surface area contributed by atoms with Crippen LogP contribution in [0.4, 0.5) is 0 Å². The molecule has 2 heteroatoms. The average molecular weight is 234 g/mol. The zero-order chi connectivity index (χ0) is 13.2. The van der Waals surface area contributed by atoms with Gasteiger partial charge in [0.1, 0.15) is 0 Å². The third-order valence-electron chi connectivity index (χ3n) is 3.64. The van der Waals surface area contributed by atoms with Gasteiger partial charge in [0.05, 0.1) is 12.2 Å². The van der Waals surface area contributed by atoms with E-state index in [1.165, 1.54) is 16.7 Å². The Morgan fingerprint density at radius 3 is 1.71 bits per heavy atom. The molecule has 0 aliphatic rings. The predicted molar refractivity (Wildman–Crippen MR) is 70.7 cm³/mol. The van der Waals surface area contributed by atoms with Crippen LogP contribution in [0.1, 0.15) is 51.5 Å². The van der Waals surface area contributed by atoms with Crippen molar-refractivity contribution in [3.8, 4) is 0 Å². The molecule has 0 amide bonds. The van der Waals surface area contributed by atoms with E-state index in [1.807, 2.05) is 20.8 Å². The molecule has 0 bridgehead atoms. The molecule has 0 spiro atoms. The van der Waals surface area contributed by atoms with Crippen LogP contribution in [0.5, 0.6) is 0 Å². The van der Waals surface area contributed by atoms with Gasteiger partial charge in [-0.15, -0.1) is 0 Å². The molecule has 0 aliphatic heterocycles. The first-order chi connectivity index (χ1) is 7.91. The van der Waals surface area contributed by atoms with E-state index in [2.05, 4.69) is 20.8 Å². The number of carbonyl (C=O) groups excluding carboxylic acids is 1. The lowest BCUT2D eigenvalue weighted by molar-refractivity contribution is 0.0503. The summed E-state index contributed by atoms with van der Waals surface area (Å²) in [4.78, 5) is 12.0. The zero-order valence-electron chi connectivity index (χ0n) is 11.7. The molecule has 0 fully saturated rings. The van der Waals surface area contributed by atoms with Crippen molar-refractivity contribution in [3.63, 3.8) is 0 Å². The fraction of sp³-hybridized carbons (Fsp3) is 0.533. The standard InChI is InChI=1S/C15H22O2/c1-7-8-17-15(16)14-12(5)10(3)9(2)11(4)13(14)6/h7-8H2,1-6H3. The fourth-order valence-electron chi connectivity index (χ4n) is 2.07. The maximum atomic E-state index is 12.0. The molecule has 0 heterocycles. The number of rotatable bonds is 3. The Balaban J connectivity index is 3.29. The molecule has 2 nitrogen and oxygen atoms in total. The minimum atomic E-state index is -0.187. The van der Waals surface area contributed by atoms with Crippen LogP contribution in [0.25, 0.3) is 0 Å². The predicted octanol–water partition coefficient (Wildman–Crippen LogP) is 3.80. The third kappa shape index (κ3) is 2.51. The lowest BCUT2D eigenvalue weighted by Gasteiger charge is -2.17. The number of ether oxygens (including phenoxy) is 1. The van der Waals surface area contributed by atoms with Gasteiger partial charge < -0.3 is 4.74 Å². The van der Waals surface area contributed by atoms with Crippen LogP contribution in [0.2, 0.25) is 0 Å². The first kappa shape index (κ1) is 13.8. The van der Waals surface area contributed by atoms with Gasteiger partial charge in [0.25, 0.3) is 0 Å². The molecule has 94 valence electrons. The van der Waals surface area contributed by atoms with Gasteiger partial charge in [0.15, 0.2) is 0 Å². The molecule has 0 N–H and O–H groups in total. The Labute approximate surface area is 104 Å². The van der Waals surface area contributed by atoms with Crippen molar-refractivity contribution < 1.29 is 9.53 Å². The molecule has 0 aliphatic carbocycles. The summed E-state index contributed by atoms with van der Waals surface area (Å²) in [6, 6.07) is 0. The van der Waals surface area contributed by atoms with Gasteiger partial charge in [-0.2, -0.15) is 0 Å². The van der Waals surface area contributed by atoms with Gasteiger partial charge in [-0.3, -0.25) is 0 Å². The van der Waals surface area contributed by atoms with Crippen molar-refractivity contribution in [1.29, 1.82) is 0 Å². The van der Waals surface area contributed by atoms with Crippen molar-refractivity contribution in [2.24, 2.45) is 0 Å². The topological polar surface area (TPSA) is 26.3 Å². The number of benzene rings is 1. The van der Waals surface area contributed by atoms with Crippen molar-refractivity contribution >= 4 is 5.97 Å². The van der Waals surface area contributed by atoms with Crippen LogP contribution >= 0.6 is 0 Å². The van der Waals surface area contributed by atoms with Gasteiger partial charge >= 0.3 is 5.97 Å². The van der Waals surface area contributed by atoms with Gasteiger partial charge in [0, 0.05) is 0 Å². The van der Waals surface area contributed by atoms with Crippen molar-refractivity contribution in [2.75, 3.05) is 6.61 Å². The smallest absolute Gasteiger partial charge is 0.338 e. The lowest BCUT2D eigenvalue weighted by atomic mass is 9.90. The third-order valence-corrected chi connectivity index (χ3v) is 3.64. The van der Waals surface area contributed by atoms with Crippen molar-refractivity contribution in [3.05, 3.63) is 33.4 Å². The number of esters is 1. The lowest BCUT2D eigenvalue weighted by Crippen LogP contribution is -2.13. The summed E-state index contributed by atoms with van der Waals surface area (Å²) < 4.78 is 5.25. The second-order valence-electron chi connectivity index (χ2n) is 4.64. The van der Waals surface area contributed by atoms with Crippen molar-refractivity contribution in [2.45, 2.75) is 48.0 Å². The monoisotopic (exact) mass is 234 g/mol. The molecule has 0 aromatic heterocycles. The summed E-state index contributed by atoms with van der Waals surface area (Å²) in [6.07, 6.45) is 0.855. The van der Waals surface area contributed by atoms with E-state index >= 15 is 0 Å².